The van der Waals surface area contributed by atoms with E-state index in [1.54, 1.807) is 13.0 Å². The molecule has 0 atom stereocenters. The minimum Gasteiger partial charge on any atom is -0.289 e. The van der Waals surface area contributed by atoms with Crippen LogP contribution in [0.15, 0.2) is 42.7 Å². The van der Waals surface area contributed by atoms with Crippen molar-refractivity contribution in [2.75, 3.05) is 0 Å². The van der Waals surface area contributed by atoms with Crippen LogP contribution in [0.5, 0.6) is 0 Å². The lowest BCUT2D eigenvalue weighted by molar-refractivity contribution is -0.137. The number of benzene rings is 1. The van der Waals surface area contributed by atoms with Crippen molar-refractivity contribution in [2.45, 2.75) is 13.1 Å². The van der Waals surface area contributed by atoms with Gasteiger partial charge in [0.05, 0.1) is 5.56 Å². The van der Waals surface area contributed by atoms with Crippen LogP contribution in [0.3, 0.4) is 0 Å². The fourth-order valence-corrected chi connectivity index (χ4v) is 1.78. The molecule has 0 unspecified atom stereocenters. The summed E-state index contributed by atoms with van der Waals surface area (Å²) in [5.74, 6) is -0.668. The summed E-state index contributed by atoms with van der Waals surface area (Å²) in [6, 6.07) is 6.34. The Morgan fingerprint density at radius 2 is 1.79 bits per heavy atom. The summed E-state index contributed by atoms with van der Waals surface area (Å²) >= 11 is 0. The van der Waals surface area contributed by atoms with E-state index in [0.717, 1.165) is 6.07 Å². The van der Waals surface area contributed by atoms with E-state index in [2.05, 4.69) is 4.98 Å². The SMILES string of the molecule is Cc1ccncc1C(=O)c1ccccc1C(F)(F)F. The van der Waals surface area contributed by atoms with Crippen LogP contribution < -0.4 is 0 Å². The second-order valence-electron chi connectivity index (χ2n) is 4.06. The Morgan fingerprint density at radius 3 is 2.42 bits per heavy atom. The minimum atomic E-state index is -4.55. The third-order valence-electron chi connectivity index (χ3n) is 2.76. The number of alkyl halides is 3. The largest absolute Gasteiger partial charge is 0.417 e. The van der Waals surface area contributed by atoms with Crippen LogP contribution in [-0.2, 0) is 6.18 Å². The van der Waals surface area contributed by atoms with Gasteiger partial charge in [0.15, 0.2) is 5.78 Å². The highest BCUT2D eigenvalue weighted by Gasteiger charge is 2.35. The van der Waals surface area contributed by atoms with Crippen LogP contribution in [0.25, 0.3) is 0 Å². The van der Waals surface area contributed by atoms with Gasteiger partial charge in [0.25, 0.3) is 0 Å². The lowest BCUT2D eigenvalue weighted by Gasteiger charge is -2.12. The highest BCUT2D eigenvalue weighted by atomic mass is 19.4. The molecule has 0 bridgehead atoms. The molecule has 0 saturated carbocycles. The lowest BCUT2D eigenvalue weighted by atomic mass is 9.97. The summed E-state index contributed by atoms with van der Waals surface area (Å²) in [6.07, 6.45) is -1.78. The Hall–Kier alpha value is -2.17. The molecular formula is C14H10F3NO. The van der Waals surface area contributed by atoms with Gasteiger partial charge >= 0.3 is 6.18 Å². The number of aromatic nitrogens is 1. The maximum absolute atomic E-state index is 12.9. The average Bonchev–Trinajstić information content (AvgIpc) is 2.37. The van der Waals surface area contributed by atoms with Gasteiger partial charge in [-0.1, -0.05) is 18.2 Å². The molecule has 0 amide bonds. The normalized spacial score (nSPS) is 11.4. The fourth-order valence-electron chi connectivity index (χ4n) is 1.78. The van der Waals surface area contributed by atoms with Gasteiger partial charge < -0.3 is 0 Å². The summed E-state index contributed by atoms with van der Waals surface area (Å²) in [4.78, 5) is 16.0. The van der Waals surface area contributed by atoms with Crippen LogP contribution in [0, 0.1) is 6.92 Å². The van der Waals surface area contributed by atoms with Crippen LogP contribution in [0.4, 0.5) is 13.2 Å². The second kappa shape index (κ2) is 4.84. The zero-order valence-corrected chi connectivity index (χ0v) is 10.0. The number of rotatable bonds is 2. The van der Waals surface area contributed by atoms with Gasteiger partial charge in [0.2, 0.25) is 0 Å². The number of nitrogens with zero attached hydrogens (tertiary/aromatic N) is 1. The molecule has 2 aromatic rings. The van der Waals surface area contributed by atoms with E-state index < -0.39 is 17.5 Å². The summed E-state index contributed by atoms with van der Waals surface area (Å²) in [6.45, 7) is 1.66. The first kappa shape index (κ1) is 13.3. The van der Waals surface area contributed by atoms with Gasteiger partial charge in [-0.2, -0.15) is 13.2 Å². The number of hydrogen-bond donors (Lipinski definition) is 0. The molecule has 1 aromatic heterocycles. The summed E-state index contributed by atoms with van der Waals surface area (Å²) < 4.78 is 38.6. The first-order valence-corrected chi connectivity index (χ1v) is 5.53. The Morgan fingerprint density at radius 1 is 1.11 bits per heavy atom. The molecule has 0 fully saturated rings. The van der Waals surface area contributed by atoms with Crippen LogP contribution in [0.2, 0.25) is 0 Å². The zero-order chi connectivity index (χ0) is 14.0. The van der Waals surface area contributed by atoms with Crippen LogP contribution >= 0.6 is 0 Å². The molecule has 98 valence electrons. The van der Waals surface area contributed by atoms with E-state index >= 15 is 0 Å². The molecule has 0 aliphatic rings. The van der Waals surface area contributed by atoms with Crippen molar-refractivity contribution in [1.82, 2.24) is 4.98 Å². The van der Waals surface area contributed by atoms with Crippen molar-refractivity contribution in [3.8, 4) is 0 Å². The Bertz CT molecular complexity index is 620. The Labute approximate surface area is 107 Å². The molecule has 0 aliphatic carbocycles. The minimum absolute atomic E-state index is 0.180. The van der Waals surface area contributed by atoms with Crippen molar-refractivity contribution in [3.05, 3.63) is 65.0 Å². The molecule has 0 aliphatic heterocycles. The summed E-state index contributed by atoms with van der Waals surface area (Å²) in [5.41, 5.74) is -0.509. The number of hydrogen-bond acceptors (Lipinski definition) is 2. The molecule has 0 spiro atoms. The molecule has 2 rings (SSSR count). The summed E-state index contributed by atoms with van der Waals surface area (Å²) in [7, 11) is 0. The van der Waals surface area contributed by atoms with Gasteiger partial charge in [-0.15, -0.1) is 0 Å². The predicted molar refractivity (Wildman–Crippen MR) is 63.9 cm³/mol. The van der Waals surface area contributed by atoms with Gasteiger partial charge in [0.1, 0.15) is 0 Å². The van der Waals surface area contributed by atoms with Crippen molar-refractivity contribution in [1.29, 1.82) is 0 Å². The van der Waals surface area contributed by atoms with E-state index in [1.807, 2.05) is 0 Å². The molecule has 1 heterocycles. The number of ketones is 1. The highest BCUT2D eigenvalue weighted by molar-refractivity contribution is 6.10. The first-order chi connectivity index (χ1) is 8.91. The van der Waals surface area contributed by atoms with Crippen molar-refractivity contribution in [2.24, 2.45) is 0 Å². The fraction of sp³-hybridized carbons (Fsp3) is 0.143. The van der Waals surface area contributed by atoms with Crippen molar-refractivity contribution < 1.29 is 18.0 Å². The molecule has 19 heavy (non-hydrogen) atoms. The quantitative estimate of drug-likeness (QED) is 0.776. The molecule has 0 N–H and O–H groups in total. The van der Waals surface area contributed by atoms with Gasteiger partial charge in [-0.25, -0.2) is 0 Å². The number of carbonyl (C=O) groups excluding carboxylic acids is 1. The Balaban J connectivity index is 2.55. The summed E-state index contributed by atoms with van der Waals surface area (Å²) in [5, 5.41) is 0. The van der Waals surface area contributed by atoms with Gasteiger partial charge in [-0.05, 0) is 24.6 Å². The van der Waals surface area contributed by atoms with Crippen molar-refractivity contribution in [3.63, 3.8) is 0 Å². The van der Waals surface area contributed by atoms with E-state index in [0.29, 0.717) is 5.56 Å². The third-order valence-corrected chi connectivity index (χ3v) is 2.76. The smallest absolute Gasteiger partial charge is 0.289 e. The average molecular weight is 265 g/mol. The number of carbonyl (C=O) groups is 1. The van der Waals surface area contributed by atoms with E-state index in [1.165, 1.54) is 30.6 Å². The van der Waals surface area contributed by atoms with Crippen LogP contribution in [-0.4, -0.2) is 10.8 Å². The first-order valence-electron chi connectivity index (χ1n) is 5.53. The molecule has 0 radical (unpaired) electrons. The monoisotopic (exact) mass is 265 g/mol. The molecular weight excluding hydrogens is 255 g/mol. The third kappa shape index (κ3) is 2.65. The number of pyridine rings is 1. The number of halogens is 3. The number of aryl methyl sites for hydroxylation is 1. The van der Waals surface area contributed by atoms with E-state index in [9.17, 15) is 18.0 Å². The van der Waals surface area contributed by atoms with Crippen LogP contribution in [0.1, 0.15) is 27.0 Å². The topological polar surface area (TPSA) is 30.0 Å². The Kier molecular flexibility index (Phi) is 3.38. The van der Waals surface area contributed by atoms with E-state index in [-0.39, 0.29) is 11.1 Å². The zero-order valence-electron chi connectivity index (χ0n) is 10.0. The molecule has 5 heteroatoms. The van der Waals surface area contributed by atoms with Gasteiger partial charge in [0, 0.05) is 23.5 Å². The maximum atomic E-state index is 12.9. The predicted octanol–water partition coefficient (Wildman–Crippen LogP) is 3.64. The van der Waals surface area contributed by atoms with Crippen molar-refractivity contribution >= 4 is 5.78 Å². The maximum Gasteiger partial charge on any atom is 0.417 e. The lowest BCUT2D eigenvalue weighted by Crippen LogP contribution is -2.14. The molecule has 0 saturated heterocycles. The standard InChI is InChI=1S/C14H10F3NO/c1-9-6-7-18-8-11(9)13(19)10-4-2-3-5-12(10)14(15,16)17/h2-8H,1H3. The van der Waals surface area contributed by atoms with E-state index in [4.69, 9.17) is 0 Å². The molecule has 1 aromatic carbocycles. The van der Waals surface area contributed by atoms with Gasteiger partial charge in [-0.3, -0.25) is 9.78 Å². The second-order valence-corrected chi connectivity index (χ2v) is 4.06. The highest BCUT2D eigenvalue weighted by Crippen LogP contribution is 2.32. The molecule has 2 nitrogen and oxygen atoms in total.